The summed E-state index contributed by atoms with van der Waals surface area (Å²) in [6, 6.07) is 7.52. The predicted octanol–water partition coefficient (Wildman–Crippen LogP) is 2.41. The molecule has 1 amide bonds. The van der Waals surface area contributed by atoms with Crippen LogP contribution in [-0.2, 0) is 9.53 Å². The van der Waals surface area contributed by atoms with Crippen LogP contribution < -0.4 is 0 Å². The summed E-state index contributed by atoms with van der Waals surface area (Å²) >= 11 is 0. The number of hydrogen-bond acceptors (Lipinski definition) is 3. The number of benzene rings is 1. The van der Waals surface area contributed by atoms with E-state index in [4.69, 9.17) is 0 Å². The molecule has 1 saturated heterocycles. The zero-order chi connectivity index (χ0) is 17.3. The van der Waals surface area contributed by atoms with E-state index in [-0.39, 0.29) is 5.92 Å². The van der Waals surface area contributed by atoms with Crippen LogP contribution in [0.25, 0.3) is 11.0 Å². The lowest BCUT2D eigenvalue weighted by Crippen LogP contribution is -2.50. The number of para-hydroxylation sites is 2. The van der Waals surface area contributed by atoms with E-state index in [0.717, 1.165) is 16.9 Å². The molecule has 2 heterocycles. The van der Waals surface area contributed by atoms with Crippen molar-refractivity contribution in [1.29, 1.82) is 0 Å². The van der Waals surface area contributed by atoms with E-state index in [1.165, 1.54) is 4.90 Å². The van der Waals surface area contributed by atoms with Crippen molar-refractivity contribution < 1.29 is 27.1 Å². The molecule has 0 atom stereocenters. The van der Waals surface area contributed by atoms with E-state index in [1.54, 1.807) is 0 Å². The summed E-state index contributed by atoms with van der Waals surface area (Å²) < 4.78 is 53.7. The monoisotopic (exact) mass is 345 g/mol. The Labute approximate surface area is 134 Å². The third kappa shape index (κ3) is 3.35. The first-order valence-corrected chi connectivity index (χ1v) is 7.33. The molecule has 0 saturated carbocycles. The van der Waals surface area contributed by atoms with Crippen molar-refractivity contribution in [2.75, 3.05) is 26.3 Å². The minimum absolute atomic E-state index is 0.0313. The van der Waals surface area contributed by atoms with Gasteiger partial charge in [-0.05, 0) is 12.1 Å². The topological polar surface area (TPSA) is 58.2 Å². The fraction of sp³-hybridized carbons (Fsp3) is 0.467. The molecule has 0 radical (unpaired) electrons. The molecule has 9 heteroatoms. The summed E-state index contributed by atoms with van der Waals surface area (Å²) in [5.74, 6) is -3.96. The molecule has 0 unspecified atom stereocenters. The summed E-state index contributed by atoms with van der Waals surface area (Å²) in [4.78, 5) is 20.8. The van der Waals surface area contributed by atoms with Gasteiger partial charge in [-0.1, -0.05) is 12.1 Å². The highest BCUT2D eigenvalue weighted by Crippen LogP contribution is 2.27. The minimum Gasteiger partial charge on any atom is -0.365 e. The van der Waals surface area contributed by atoms with Crippen LogP contribution in [0.2, 0.25) is 0 Å². The Morgan fingerprint density at radius 2 is 2.08 bits per heavy atom. The number of carbonyl (C=O) groups is 1. The lowest BCUT2D eigenvalue weighted by atomic mass is 9.99. The SMILES string of the molecule is O=C(COCC(F)(F)C(F)F)N1CC(c2nc3ccccc3[nH]2)C1. The van der Waals surface area contributed by atoms with E-state index < -0.39 is 31.5 Å². The largest absolute Gasteiger partial charge is 0.365 e. The van der Waals surface area contributed by atoms with Crippen LogP contribution in [-0.4, -0.2) is 59.4 Å². The number of aromatic nitrogens is 2. The highest BCUT2D eigenvalue weighted by Gasteiger charge is 2.41. The van der Waals surface area contributed by atoms with Crippen LogP contribution in [0.15, 0.2) is 24.3 Å². The third-order valence-corrected chi connectivity index (χ3v) is 3.87. The number of halogens is 4. The maximum Gasteiger partial charge on any atom is 0.330 e. The molecule has 5 nitrogen and oxygen atoms in total. The first kappa shape index (κ1) is 16.7. The van der Waals surface area contributed by atoms with Crippen LogP contribution in [0, 0.1) is 0 Å². The van der Waals surface area contributed by atoms with Crippen molar-refractivity contribution in [2.45, 2.75) is 18.3 Å². The van der Waals surface area contributed by atoms with Crippen LogP contribution in [0.3, 0.4) is 0 Å². The van der Waals surface area contributed by atoms with Crippen LogP contribution in [0.5, 0.6) is 0 Å². The summed E-state index contributed by atoms with van der Waals surface area (Å²) in [6.07, 6.45) is -3.81. The number of hydrogen-bond donors (Lipinski definition) is 1. The maximum absolute atomic E-state index is 12.7. The van der Waals surface area contributed by atoms with Gasteiger partial charge in [-0.3, -0.25) is 4.79 Å². The third-order valence-electron chi connectivity index (χ3n) is 3.87. The van der Waals surface area contributed by atoms with Crippen molar-refractivity contribution in [2.24, 2.45) is 0 Å². The second kappa shape index (κ2) is 6.39. The molecule has 1 N–H and O–H groups in total. The number of carbonyl (C=O) groups excluding carboxylic acids is 1. The lowest BCUT2D eigenvalue weighted by Gasteiger charge is -2.38. The highest BCUT2D eigenvalue weighted by atomic mass is 19.3. The van der Waals surface area contributed by atoms with E-state index in [2.05, 4.69) is 14.7 Å². The summed E-state index contributed by atoms with van der Waals surface area (Å²) in [5.41, 5.74) is 1.73. The van der Waals surface area contributed by atoms with Crippen molar-refractivity contribution >= 4 is 16.9 Å². The summed E-state index contributed by atoms with van der Waals surface area (Å²) in [7, 11) is 0. The number of fused-ring (bicyclic) bond motifs is 1. The van der Waals surface area contributed by atoms with Gasteiger partial charge >= 0.3 is 12.3 Å². The Kier molecular flexibility index (Phi) is 4.44. The minimum atomic E-state index is -4.24. The van der Waals surface area contributed by atoms with Crippen LogP contribution in [0.1, 0.15) is 11.7 Å². The van der Waals surface area contributed by atoms with Crippen molar-refractivity contribution in [3.05, 3.63) is 30.1 Å². The van der Waals surface area contributed by atoms with Gasteiger partial charge in [-0.25, -0.2) is 13.8 Å². The van der Waals surface area contributed by atoms with Gasteiger partial charge in [-0.15, -0.1) is 0 Å². The number of aromatic amines is 1. The highest BCUT2D eigenvalue weighted by molar-refractivity contribution is 5.79. The van der Waals surface area contributed by atoms with E-state index in [1.807, 2.05) is 24.3 Å². The fourth-order valence-electron chi connectivity index (χ4n) is 2.45. The lowest BCUT2D eigenvalue weighted by molar-refractivity contribution is -0.172. The molecule has 24 heavy (non-hydrogen) atoms. The molecular weight excluding hydrogens is 330 g/mol. The summed E-state index contributed by atoms with van der Waals surface area (Å²) in [5, 5.41) is 0. The van der Waals surface area contributed by atoms with E-state index >= 15 is 0 Å². The van der Waals surface area contributed by atoms with Gasteiger partial charge in [0.2, 0.25) is 5.91 Å². The van der Waals surface area contributed by atoms with Gasteiger partial charge in [0, 0.05) is 13.1 Å². The number of alkyl halides is 4. The van der Waals surface area contributed by atoms with Crippen LogP contribution >= 0.6 is 0 Å². The average Bonchev–Trinajstić information content (AvgIpc) is 2.88. The Hall–Kier alpha value is -2.16. The molecule has 0 spiro atoms. The van der Waals surface area contributed by atoms with Gasteiger partial charge in [0.1, 0.15) is 19.0 Å². The Morgan fingerprint density at radius 1 is 1.38 bits per heavy atom. The molecule has 130 valence electrons. The van der Waals surface area contributed by atoms with E-state index in [0.29, 0.717) is 13.1 Å². The first-order chi connectivity index (χ1) is 11.4. The zero-order valence-electron chi connectivity index (χ0n) is 12.5. The molecule has 0 bridgehead atoms. The Balaban J connectivity index is 1.47. The van der Waals surface area contributed by atoms with Crippen LogP contribution in [0.4, 0.5) is 17.6 Å². The fourth-order valence-corrected chi connectivity index (χ4v) is 2.45. The Morgan fingerprint density at radius 3 is 2.75 bits per heavy atom. The number of imidazole rings is 1. The number of nitrogens with one attached hydrogen (secondary N) is 1. The average molecular weight is 345 g/mol. The van der Waals surface area contributed by atoms with Gasteiger partial charge in [0.15, 0.2) is 0 Å². The van der Waals surface area contributed by atoms with Crippen molar-refractivity contribution in [1.82, 2.24) is 14.9 Å². The number of amides is 1. The Bertz CT molecular complexity index is 695. The molecule has 2 aromatic rings. The molecule has 1 aliphatic heterocycles. The second-order valence-electron chi connectivity index (χ2n) is 5.69. The molecule has 1 aromatic carbocycles. The normalized spacial score (nSPS) is 16.0. The molecule has 1 aromatic heterocycles. The number of rotatable bonds is 6. The van der Waals surface area contributed by atoms with Gasteiger partial charge in [-0.2, -0.15) is 8.78 Å². The van der Waals surface area contributed by atoms with E-state index in [9.17, 15) is 22.4 Å². The van der Waals surface area contributed by atoms with Gasteiger partial charge in [0.05, 0.1) is 17.0 Å². The van der Waals surface area contributed by atoms with Crippen molar-refractivity contribution in [3.63, 3.8) is 0 Å². The number of nitrogens with zero attached hydrogens (tertiary/aromatic N) is 2. The molecular formula is C15H15F4N3O2. The van der Waals surface area contributed by atoms with Crippen molar-refractivity contribution in [3.8, 4) is 0 Å². The van der Waals surface area contributed by atoms with Gasteiger partial charge in [0.25, 0.3) is 0 Å². The zero-order valence-corrected chi connectivity index (χ0v) is 12.5. The molecule has 0 aliphatic carbocycles. The number of H-pyrrole nitrogens is 1. The predicted molar refractivity (Wildman–Crippen MR) is 77.2 cm³/mol. The first-order valence-electron chi connectivity index (χ1n) is 7.33. The number of ether oxygens (including phenoxy) is 1. The molecule has 1 fully saturated rings. The van der Waals surface area contributed by atoms with Gasteiger partial charge < -0.3 is 14.6 Å². The quantitative estimate of drug-likeness (QED) is 0.818. The smallest absolute Gasteiger partial charge is 0.330 e. The number of likely N-dealkylation sites (tertiary alicyclic amines) is 1. The maximum atomic E-state index is 12.7. The second-order valence-corrected chi connectivity index (χ2v) is 5.69. The molecule has 3 rings (SSSR count). The summed E-state index contributed by atoms with van der Waals surface area (Å²) in [6.45, 7) is -1.35. The molecule has 1 aliphatic rings. The standard InChI is InChI=1S/C15H15F4N3O2/c16-14(17)15(18,19)8-24-7-12(23)22-5-9(6-22)13-20-10-3-1-2-4-11(10)21-13/h1-4,9,14H,5-8H2,(H,20,21).